The molecule has 0 saturated heterocycles. The van der Waals surface area contributed by atoms with E-state index >= 15 is 0 Å². The van der Waals surface area contributed by atoms with Crippen molar-refractivity contribution in [3.8, 4) is 6.07 Å². The van der Waals surface area contributed by atoms with E-state index in [9.17, 15) is 14.9 Å². The minimum Gasteiger partial charge on any atom is -0.382 e. The molecule has 2 aromatic rings. The van der Waals surface area contributed by atoms with Crippen LogP contribution in [0.5, 0.6) is 0 Å². The lowest BCUT2D eigenvalue weighted by atomic mass is 9.75. The molecule has 0 amide bonds. The molecule has 1 aliphatic rings. The van der Waals surface area contributed by atoms with Crippen LogP contribution in [0.4, 0.5) is 16.5 Å². The van der Waals surface area contributed by atoms with Gasteiger partial charge in [0.2, 0.25) is 0 Å². The largest absolute Gasteiger partial charge is 0.382 e. The fourth-order valence-corrected chi connectivity index (χ4v) is 3.68. The molecule has 23 heavy (non-hydrogen) atoms. The van der Waals surface area contributed by atoms with Crippen LogP contribution in [0.2, 0.25) is 0 Å². The number of nitrogen functional groups attached to an aromatic ring is 1. The van der Waals surface area contributed by atoms with Gasteiger partial charge in [0.1, 0.15) is 11.9 Å². The first-order valence-electron chi connectivity index (χ1n) is 6.89. The van der Waals surface area contributed by atoms with Crippen molar-refractivity contribution in [3.05, 3.63) is 26.4 Å². The summed E-state index contributed by atoms with van der Waals surface area (Å²) < 4.78 is 0. The van der Waals surface area contributed by atoms with E-state index in [4.69, 9.17) is 5.73 Å². The van der Waals surface area contributed by atoms with Crippen molar-refractivity contribution in [2.24, 2.45) is 15.6 Å². The number of azo groups is 1. The molecule has 0 fully saturated rings. The lowest BCUT2D eigenvalue weighted by Gasteiger charge is -2.28. The van der Waals surface area contributed by atoms with Gasteiger partial charge in [-0.3, -0.25) is 19.8 Å². The number of aromatic nitrogens is 2. The predicted octanol–water partition coefficient (Wildman–Crippen LogP) is 2.79. The summed E-state index contributed by atoms with van der Waals surface area (Å²) >= 11 is 1.13. The number of anilines is 1. The summed E-state index contributed by atoms with van der Waals surface area (Å²) in [5.41, 5.74) is 5.91. The van der Waals surface area contributed by atoms with E-state index in [0.29, 0.717) is 28.3 Å². The zero-order valence-corrected chi connectivity index (χ0v) is 13.4. The van der Waals surface area contributed by atoms with Crippen molar-refractivity contribution in [3.63, 3.8) is 0 Å². The molecule has 0 saturated carbocycles. The highest BCUT2D eigenvalue weighted by atomic mass is 32.1. The van der Waals surface area contributed by atoms with Crippen molar-refractivity contribution < 1.29 is 4.79 Å². The predicted molar refractivity (Wildman–Crippen MR) is 85.5 cm³/mol. The van der Waals surface area contributed by atoms with Gasteiger partial charge in [-0.2, -0.15) is 5.26 Å². The van der Waals surface area contributed by atoms with Crippen LogP contribution in [-0.2, 0) is 6.42 Å². The molecule has 0 unspecified atom stereocenters. The molecule has 4 N–H and O–H groups in total. The van der Waals surface area contributed by atoms with E-state index in [2.05, 4.69) is 26.5 Å². The van der Waals surface area contributed by atoms with E-state index in [1.165, 1.54) is 0 Å². The standard InChI is InChI=1S/C14H14N6O2S/c1-14(2)3-6-7(5-15)13(23-10(6)8(21)4-14)20-17-9-11(16)18-19-12(9)22/h3-4H2,1-2H3,(H4,16,18,19,22). The summed E-state index contributed by atoms with van der Waals surface area (Å²) in [7, 11) is 0. The number of aromatic amines is 2. The van der Waals surface area contributed by atoms with Gasteiger partial charge in [-0.15, -0.1) is 21.6 Å². The average Bonchev–Trinajstić information content (AvgIpc) is 2.96. The summed E-state index contributed by atoms with van der Waals surface area (Å²) in [4.78, 5) is 24.3. The number of carbonyl (C=O) groups is 1. The number of carbonyl (C=O) groups excluding carboxylic acids is 1. The molecule has 0 spiro atoms. The first kappa shape index (κ1) is 15.2. The molecule has 0 atom stereocenters. The van der Waals surface area contributed by atoms with E-state index in [-0.39, 0.29) is 22.7 Å². The van der Waals surface area contributed by atoms with Crippen LogP contribution in [0.15, 0.2) is 15.0 Å². The second kappa shape index (κ2) is 5.17. The molecule has 8 nitrogen and oxygen atoms in total. The number of hydrogen-bond donors (Lipinski definition) is 3. The number of nitrogens with two attached hydrogens (primary N) is 1. The van der Waals surface area contributed by atoms with Gasteiger partial charge in [0, 0.05) is 6.42 Å². The maximum Gasteiger partial charge on any atom is 0.293 e. The number of nitrogens with one attached hydrogen (secondary N) is 2. The summed E-state index contributed by atoms with van der Waals surface area (Å²) in [6, 6.07) is 2.10. The van der Waals surface area contributed by atoms with E-state index < -0.39 is 5.56 Å². The molecule has 2 heterocycles. The Morgan fingerprint density at radius 2 is 2.00 bits per heavy atom. The Balaban J connectivity index is 2.08. The second-order valence-corrected chi connectivity index (χ2v) is 7.18. The van der Waals surface area contributed by atoms with Gasteiger partial charge in [-0.25, -0.2) is 0 Å². The maximum absolute atomic E-state index is 12.3. The minimum atomic E-state index is -0.497. The third kappa shape index (κ3) is 2.57. The van der Waals surface area contributed by atoms with Gasteiger partial charge in [0.15, 0.2) is 16.5 Å². The van der Waals surface area contributed by atoms with Crippen LogP contribution >= 0.6 is 11.3 Å². The van der Waals surface area contributed by atoms with Gasteiger partial charge in [0.25, 0.3) is 5.56 Å². The first-order chi connectivity index (χ1) is 10.8. The Morgan fingerprint density at radius 3 is 2.61 bits per heavy atom. The minimum absolute atomic E-state index is 0.0122. The highest BCUT2D eigenvalue weighted by molar-refractivity contribution is 7.18. The summed E-state index contributed by atoms with van der Waals surface area (Å²) in [6.45, 7) is 3.99. The van der Waals surface area contributed by atoms with Gasteiger partial charge >= 0.3 is 0 Å². The number of fused-ring (bicyclic) bond motifs is 1. The number of thiophene rings is 1. The van der Waals surface area contributed by atoms with Crippen LogP contribution < -0.4 is 11.3 Å². The van der Waals surface area contributed by atoms with Crippen LogP contribution in [0.25, 0.3) is 0 Å². The molecule has 9 heteroatoms. The monoisotopic (exact) mass is 330 g/mol. The van der Waals surface area contributed by atoms with Crippen molar-refractivity contribution in [1.82, 2.24) is 10.2 Å². The van der Waals surface area contributed by atoms with Crippen molar-refractivity contribution in [1.29, 1.82) is 5.26 Å². The fraction of sp³-hybridized carbons (Fsp3) is 0.357. The lowest BCUT2D eigenvalue weighted by molar-refractivity contribution is 0.0917. The van der Waals surface area contributed by atoms with Crippen LogP contribution in [-0.4, -0.2) is 16.0 Å². The third-order valence-corrected chi connectivity index (χ3v) is 4.83. The van der Waals surface area contributed by atoms with E-state index in [1.54, 1.807) is 0 Å². The molecular formula is C14H14N6O2S. The van der Waals surface area contributed by atoms with Crippen molar-refractivity contribution >= 4 is 33.6 Å². The highest BCUT2D eigenvalue weighted by Gasteiger charge is 2.35. The molecule has 0 bridgehead atoms. The molecular weight excluding hydrogens is 316 g/mol. The maximum atomic E-state index is 12.3. The van der Waals surface area contributed by atoms with Crippen molar-refractivity contribution in [2.45, 2.75) is 26.7 Å². The van der Waals surface area contributed by atoms with E-state index in [1.807, 2.05) is 13.8 Å². The van der Waals surface area contributed by atoms with Gasteiger partial charge in [0.05, 0.1) is 10.4 Å². The highest BCUT2D eigenvalue weighted by Crippen LogP contribution is 2.44. The Hall–Kier alpha value is -2.73. The first-order valence-corrected chi connectivity index (χ1v) is 7.71. The quantitative estimate of drug-likeness (QED) is 0.728. The lowest BCUT2D eigenvalue weighted by Crippen LogP contribution is -2.25. The van der Waals surface area contributed by atoms with Gasteiger partial charge < -0.3 is 5.73 Å². The molecule has 0 aromatic carbocycles. The molecule has 118 valence electrons. The zero-order valence-electron chi connectivity index (χ0n) is 12.6. The Labute approximate surface area is 135 Å². The third-order valence-electron chi connectivity index (χ3n) is 3.67. The normalized spacial score (nSPS) is 16.5. The topological polar surface area (TPSA) is 140 Å². The van der Waals surface area contributed by atoms with Crippen LogP contribution in [0, 0.1) is 16.7 Å². The molecule has 0 radical (unpaired) electrons. The van der Waals surface area contributed by atoms with Gasteiger partial charge in [-0.05, 0) is 17.4 Å². The van der Waals surface area contributed by atoms with Crippen LogP contribution in [0.3, 0.4) is 0 Å². The molecule has 0 aliphatic heterocycles. The number of rotatable bonds is 2. The number of ketones is 1. The second-order valence-electron chi connectivity index (χ2n) is 6.18. The number of hydrogen-bond acceptors (Lipinski definition) is 7. The SMILES string of the molecule is CC1(C)CC(=O)c2sc(N=Nc3c(N)[nH][nH]c3=O)c(C#N)c2C1. The Morgan fingerprint density at radius 1 is 1.26 bits per heavy atom. The van der Waals surface area contributed by atoms with Crippen molar-refractivity contribution in [2.75, 3.05) is 5.73 Å². The molecule has 1 aliphatic carbocycles. The van der Waals surface area contributed by atoms with Crippen LogP contribution in [0.1, 0.15) is 41.1 Å². The Kier molecular flexibility index (Phi) is 3.41. The number of nitrogens with zero attached hydrogens (tertiary/aromatic N) is 3. The number of Topliss-reactive ketones (excluding diaryl/α,β-unsaturated/α-hetero) is 1. The van der Waals surface area contributed by atoms with Gasteiger partial charge in [-0.1, -0.05) is 13.8 Å². The Bertz CT molecular complexity index is 924. The summed E-state index contributed by atoms with van der Waals surface area (Å²) in [5, 5.41) is 22.3. The smallest absolute Gasteiger partial charge is 0.293 e. The zero-order chi connectivity index (χ0) is 16.8. The summed E-state index contributed by atoms with van der Waals surface area (Å²) in [5.74, 6) is 0.0778. The fourth-order valence-electron chi connectivity index (χ4n) is 2.65. The number of nitriles is 1. The number of H-pyrrole nitrogens is 2. The average molecular weight is 330 g/mol. The molecule has 3 rings (SSSR count). The summed E-state index contributed by atoms with van der Waals surface area (Å²) in [6.07, 6.45) is 1.07. The van der Waals surface area contributed by atoms with E-state index in [0.717, 1.165) is 16.9 Å². The molecule has 2 aromatic heterocycles.